The van der Waals surface area contributed by atoms with Crippen LogP contribution in [0.4, 0.5) is 18.9 Å². The highest BCUT2D eigenvalue weighted by atomic mass is 35.5. The lowest BCUT2D eigenvalue weighted by atomic mass is 10.1. The van der Waals surface area contributed by atoms with E-state index in [0.717, 1.165) is 30.3 Å². The minimum atomic E-state index is -4.47. The summed E-state index contributed by atoms with van der Waals surface area (Å²) in [6.07, 6.45) is -4.47. The summed E-state index contributed by atoms with van der Waals surface area (Å²) >= 11 is 5.69. The minimum absolute atomic E-state index is 0.0171. The first-order valence-electron chi connectivity index (χ1n) is 6.11. The van der Waals surface area contributed by atoms with Gasteiger partial charge in [-0.05, 0) is 42.5 Å². The van der Waals surface area contributed by atoms with Gasteiger partial charge in [-0.2, -0.15) is 13.2 Å². The number of alkyl halides is 3. The van der Waals surface area contributed by atoms with Crippen molar-refractivity contribution < 1.29 is 26.4 Å². The highest BCUT2D eigenvalue weighted by molar-refractivity contribution is 7.72. The first kappa shape index (κ1) is 17.3. The molecular weight excluding hydrogens is 355 g/mol. The number of anilines is 1. The fraction of sp³-hybridized carbons (Fsp3) is 0.0714. The van der Waals surface area contributed by atoms with Gasteiger partial charge in [0.15, 0.2) is 10.7 Å². The van der Waals surface area contributed by atoms with Gasteiger partial charge in [-0.1, -0.05) is 11.6 Å². The summed E-state index contributed by atoms with van der Waals surface area (Å²) in [7, 11) is -2.97. The van der Waals surface area contributed by atoms with Crippen LogP contribution in [0, 0.1) is 0 Å². The predicted molar refractivity (Wildman–Crippen MR) is 79.4 cm³/mol. The number of rotatable bonds is 3. The van der Waals surface area contributed by atoms with Crippen molar-refractivity contribution in [3.05, 3.63) is 58.6 Å². The zero-order valence-corrected chi connectivity index (χ0v) is 12.9. The number of thiol groups is 1. The number of halogens is 4. The number of benzene rings is 2. The molecule has 0 spiro atoms. The van der Waals surface area contributed by atoms with Gasteiger partial charge < -0.3 is 5.32 Å². The topological polar surface area (TPSA) is 63.2 Å². The van der Waals surface area contributed by atoms with Crippen LogP contribution in [0.25, 0.3) is 0 Å². The van der Waals surface area contributed by atoms with E-state index in [-0.39, 0.29) is 21.2 Å². The van der Waals surface area contributed by atoms with E-state index in [9.17, 15) is 26.4 Å². The van der Waals surface area contributed by atoms with E-state index in [2.05, 4.69) is 5.32 Å². The molecule has 1 N–H and O–H groups in total. The zero-order valence-electron chi connectivity index (χ0n) is 11.2. The van der Waals surface area contributed by atoms with Crippen molar-refractivity contribution in [1.29, 1.82) is 0 Å². The van der Waals surface area contributed by atoms with Gasteiger partial charge in [0.1, 0.15) is 0 Å². The van der Waals surface area contributed by atoms with Crippen LogP contribution >= 0.6 is 11.6 Å². The molecule has 0 atom stereocenters. The molecule has 0 aliphatic rings. The fourth-order valence-corrected chi connectivity index (χ4v) is 2.56. The monoisotopic (exact) mass is 363 g/mol. The largest absolute Gasteiger partial charge is 0.416 e. The summed E-state index contributed by atoms with van der Waals surface area (Å²) in [6, 6.07) is 7.52. The highest BCUT2D eigenvalue weighted by Crippen LogP contribution is 2.30. The molecule has 4 nitrogen and oxygen atoms in total. The number of carbonyl (C=O) groups is 1. The Bertz CT molecular complexity index is 809. The molecule has 122 valence electrons. The number of amides is 1. The maximum Gasteiger partial charge on any atom is 0.416 e. The molecule has 0 fully saturated rings. The Morgan fingerprint density at radius 1 is 1.04 bits per heavy atom. The second kappa shape index (κ2) is 6.59. The van der Waals surface area contributed by atoms with Gasteiger partial charge in [0.2, 0.25) is 0 Å². The van der Waals surface area contributed by atoms with Gasteiger partial charge in [0.25, 0.3) is 5.91 Å². The Kier molecular flexibility index (Phi) is 4.96. The van der Waals surface area contributed by atoms with Crippen molar-refractivity contribution in [3.8, 4) is 0 Å². The van der Waals surface area contributed by atoms with Gasteiger partial charge in [0.05, 0.1) is 15.5 Å². The Labute approximate surface area is 135 Å². The number of carbonyl (C=O) groups excluding carboxylic acids is 1. The van der Waals surface area contributed by atoms with E-state index in [1.54, 1.807) is 0 Å². The van der Waals surface area contributed by atoms with E-state index in [0.29, 0.717) is 0 Å². The van der Waals surface area contributed by atoms with Crippen molar-refractivity contribution >= 4 is 33.9 Å². The fourth-order valence-electron chi connectivity index (χ4n) is 1.74. The molecule has 0 heterocycles. The lowest BCUT2D eigenvalue weighted by Gasteiger charge is -2.09. The third kappa shape index (κ3) is 4.23. The van der Waals surface area contributed by atoms with Crippen molar-refractivity contribution in [2.45, 2.75) is 11.1 Å². The molecular formula is C14H9ClF3NO3S. The summed E-state index contributed by atoms with van der Waals surface area (Å²) < 4.78 is 59.3. The number of hydrogen-bond acceptors (Lipinski definition) is 3. The third-order valence-electron chi connectivity index (χ3n) is 2.88. The molecule has 0 aliphatic carbocycles. The molecule has 9 heteroatoms. The Balaban J connectivity index is 2.21. The van der Waals surface area contributed by atoms with Crippen LogP contribution in [0.15, 0.2) is 47.4 Å². The number of hydrogen-bond donors (Lipinski definition) is 2. The molecule has 0 unspecified atom stereocenters. The zero-order chi connectivity index (χ0) is 17.2. The Morgan fingerprint density at radius 2 is 1.65 bits per heavy atom. The lowest BCUT2D eigenvalue weighted by Crippen LogP contribution is -2.12. The van der Waals surface area contributed by atoms with Crippen molar-refractivity contribution in [2.75, 3.05) is 5.32 Å². The molecule has 0 saturated carbocycles. The molecule has 2 rings (SSSR count). The minimum Gasteiger partial charge on any atom is -0.322 e. The summed E-state index contributed by atoms with van der Waals surface area (Å²) in [5, 5.41) is 2.36. The first-order valence-corrected chi connectivity index (χ1v) is 7.66. The summed E-state index contributed by atoms with van der Waals surface area (Å²) in [4.78, 5) is 11.8. The molecule has 0 radical (unpaired) electrons. The summed E-state index contributed by atoms with van der Waals surface area (Å²) in [5.41, 5.74) is -0.679. The molecule has 1 amide bonds. The number of nitrogens with one attached hydrogen (secondary N) is 1. The normalized spacial score (nSPS) is 11.5. The smallest absolute Gasteiger partial charge is 0.322 e. The van der Waals surface area contributed by atoms with Gasteiger partial charge in [-0.25, -0.2) is 8.42 Å². The van der Waals surface area contributed by atoms with Gasteiger partial charge in [-0.3, -0.25) is 4.79 Å². The molecule has 0 bridgehead atoms. The van der Waals surface area contributed by atoms with Crippen LogP contribution in [0.2, 0.25) is 5.02 Å². The Hall–Kier alpha value is -2.06. The Morgan fingerprint density at radius 3 is 2.17 bits per heavy atom. The average molecular weight is 364 g/mol. The van der Waals surface area contributed by atoms with E-state index in [1.165, 1.54) is 12.1 Å². The van der Waals surface area contributed by atoms with Crippen LogP contribution in [0.5, 0.6) is 0 Å². The summed E-state index contributed by atoms with van der Waals surface area (Å²) in [5.74, 6) is -0.667. The van der Waals surface area contributed by atoms with Crippen LogP contribution in [0.1, 0.15) is 15.9 Å². The third-order valence-corrected chi connectivity index (χ3v) is 4.10. The van der Waals surface area contributed by atoms with Crippen LogP contribution in [0.3, 0.4) is 0 Å². The van der Waals surface area contributed by atoms with E-state index >= 15 is 0 Å². The molecule has 2 aromatic rings. The molecule has 2 aromatic carbocycles. The summed E-state index contributed by atoms with van der Waals surface area (Å²) in [6.45, 7) is 0. The molecule has 23 heavy (non-hydrogen) atoms. The highest BCUT2D eigenvalue weighted by Gasteiger charge is 2.30. The molecule has 0 saturated heterocycles. The maximum absolute atomic E-state index is 12.4. The second-order valence-electron chi connectivity index (χ2n) is 4.45. The van der Waals surface area contributed by atoms with Gasteiger partial charge in [0, 0.05) is 11.3 Å². The quantitative estimate of drug-likeness (QED) is 0.819. The van der Waals surface area contributed by atoms with Crippen LogP contribution in [-0.4, -0.2) is 14.3 Å². The van der Waals surface area contributed by atoms with Crippen molar-refractivity contribution in [3.63, 3.8) is 0 Å². The van der Waals surface area contributed by atoms with Gasteiger partial charge >= 0.3 is 6.18 Å². The SMILES string of the molecule is O=C(Nc1ccc(C(F)(F)F)cc1)c1ccc(Cl)c([SH](=O)=O)c1. The molecule has 0 aromatic heterocycles. The molecule has 0 aliphatic heterocycles. The van der Waals surface area contributed by atoms with E-state index in [4.69, 9.17) is 11.6 Å². The lowest BCUT2D eigenvalue weighted by molar-refractivity contribution is -0.137. The standard InChI is InChI=1S/C14H9ClF3NO3S/c15-11-6-1-8(7-12(11)23(21)22)13(20)19-10-4-2-9(3-5-10)14(16,17)18/h1-7,23H,(H,19,20). The van der Waals surface area contributed by atoms with Crippen LogP contribution in [-0.2, 0) is 16.9 Å². The van der Waals surface area contributed by atoms with Gasteiger partial charge in [-0.15, -0.1) is 0 Å². The maximum atomic E-state index is 12.4. The second-order valence-corrected chi connectivity index (χ2v) is 5.86. The first-order chi connectivity index (χ1) is 10.7. The predicted octanol–water partition coefficient (Wildman–Crippen LogP) is 3.58. The van der Waals surface area contributed by atoms with E-state index < -0.39 is 28.4 Å². The van der Waals surface area contributed by atoms with Crippen molar-refractivity contribution in [1.82, 2.24) is 0 Å². The van der Waals surface area contributed by atoms with Crippen molar-refractivity contribution in [2.24, 2.45) is 0 Å². The van der Waals surface area contributed by atoms with Crippen LogP contribution < -0.4 is 5.32 Å². The average Bonchev–Trinajstić information content (AvgIpc) is 2.47. The van der Waals surface area contributed by atoms with E-state index in [1.807, 2.05) is 0 Å².